The quantitative estimate of drug-likeness (QED) is 0.599. The zero-order valence-corrected chi connectivity index (χ0v) is 13.4. The fourth-order valence-corrected chi connectivity index (χ4v) is 2.19. The van der Waals surface area contributed by atoms with Crippen molar-refractivity contribution in [3.8, 4) is 0 Å². The molecule has 7 heteroatoms. The van der Waals surface area contributed by atoms with Crippen molar-refractivity contribution in [2.24, 2.45) is 0 Å². The van der Waals surface area contributed by atoms with Gasteiger partial charge >= 0.3 is 6.18 Å². The fraction of sp³-hybridized carbons (Fsp3) is 0.105. The van der Waals surface area contributed by atoms with Crippen molar-refractivity contribution in [1.82, 2.24) is 4.98 Å². The van der Waals surface area contributed by atoms with E-state index in [0.29, 0.717) is 23.7 Å². The first kappa shape index (κ1) is 17.7. The van der Waals surface area contributed by atoms with Crippen LogP contribution in [-0.2, 0) is 12.7 Å². The van der Waals surface area contributed by atoms with Gasteiger partial charge in [0.15, 0.2) is 0 Å². The third-order valence-electron chi connectivity index (χ3n) is 3.54. The highest BCUT2D eigenvalue weighted by Crippen LogP contribution is 2.29. The van der Waals surface area contributed by atoms with Gasteiger partial charge in [0.1, 0.15) is 12.1 Å². The van der Waals surface area contributed by atoms with Gasteiger partial charge in [-0.2, -0.15) is 13.2 Å². The second kappa shape index (κ2) is 7.43. The number of halogens is 4. The first-order chi connectivity index (χ1) is 12.4. The van der Waals surface area contributed by atoms with Crippen LogP contribution in [0.5, 0.6) is 0 Å². The van der Waals surface area contributed by atoms with Gasteiger partial charge in [-0.1, -0.05) is 12.1 Å². The standard InChI is InChI=1S/C19H14F4N2O/c20-15-6-8-16(9-7-15)24-11-17-12-26-18(25-17)10-3-13-1-4-14(5-2-13)19(21,22)23/h1-10,12,24H,11H2/b10-3+. The molecule has 3 aromatic rings. The lowest BCUT2D eigenvalue weighted by atomic mass is 10.1. The molecule has 0 bridgehead atoms. The molecular formula is C19H14F4N2O. The van der Waals surface area contributed by atoms with Crippen LogP contribution in [0, 0.1) is 5.82 Å². The SMILES string of the molecule is Fc1ccc(NCc2coc(/C=C/c3ccc(C(F)(F)F)cc3)n2)cc1. The lowest BCUT2D eigenvalue weighted by Crippen LogP contribution is -2.03. The summed E-state index contributed by atoms with van der Waals surface area (Å²) in [5.74, 6) is 0.0217. The summed E-state index contributed by atoms with van der Waals surface area (Å²) < 4.78 is 55.7. The molecule has 0 unspecified atom stereocenters. The summed E-state index contributed by atoms with van der Waals surface area (Å²) in [4.78, 5) is 4.24. The minimum Gasteiger partial charge on any atom is -0.445 e. The smallest absolute Gasteiger partial charge is 0.416 e. The van der Waals surface area contributed by atoms with Crippen molar-refractivity contribution in [2.75, 3.05) is 5.32 Å². The number of nitrogens with zero attached hydrogens (tertiary/aromatic N) is 1. The van der Waals surface area contributed by atoms with Crippen LogP contribution < -0.4 is 5.32 Å². The number of nitrogens with one attached hydrogen (secondary N) is 1. The van der Waals surface area contributed by atoms with E-state index < -0.39 is 11.7 Å². The summed E-state index contributed by atoms with van der Waals surface area (Å²) in [6.07, 6.45) is 0.313. The summed E-state index contributed by atoms with van der Waals surface area (Å²) in [6, 6.07) is 10.7. The van der Waals surface area contributed by atoms with E-state index in [9.17, 15) is 17.6 Å². The first-order valence-corrected chi connectivity index (χ1v) is 7.69. The summed E-state index contributed by atoms with van der Waals surface area (Å²) in [5.41, 5.74) is 1.29. The Morgan fingerprint density at radius 2 is 1.65 bits per heavy atom. The van der Waals surface area contributed by atoms with E-state index in [-0.39, 0.29) is 5.82 Å². The van der Waals surface area contributed by atoms with Gasteiger partial charge < -0.3 is 9.73 Å². The van der Waals surface area contributed by atoms with Crippen LogP contribution in [-0.4, -0.2) is 4.98 Å². The third kappa shape index (κ3) is 4.72. The highest BCUT2D eigenvalue weighted by atomic mass is 19.4. The zero-order valence-electron chi connectivity index (χ0n) is 13.4. The number of alkyl halides is 3. The molecule has 0 aliphatic rings. The maximum Gasteiger partial charge on any atom is 0.416 e. The molecule has 3 rings (SSSR count). The predicted octanol–water partition coefficient (Wildman–Crippen LogP) is 5.62. The van der Waals surface area contributed by atoms with Crippen molar-refractivity contribution in [3.05, 3.63) is 83.3 Å². The Kier molecular flexibility index (Phi) is 5.06. The van der Waals surface area contributed by atoms with Crippen molar-refractivity contribution in [1.29, 1.82) is 0 Å². The monoisotopic (exact) mass is 362 g/mol. The van der Waals surface area contributed by atoms with E-state index in [1.807, 2.05) is 0 Å². The number of hydrogen-bond acceptors (Lipinski definition) is 3. The molecule has 1 aromatic heterocycles. The third-order valence-corrected chi connectivity index (χ3v) is 3.54. The van der Waals surface area contributed by atoms with Crippen molar-refractivity contribution in [3.63, 3.8) is 0 Å². The molecule has 0 saturated carbocycles. The Hall–Kier alpha value is -3.09. The summed E-state index contributed by atoms with van der Waals surface area (Å²) in [5, 5.41) is 3.08. The topological polar surface area (TPSA) is 38.1 Å². The van der Waals surface area contributed by atoms with Crippen LogP contribution in [0.25, 0.3) is 12.2 Å². The van der Waals surface area contributed by atoms with Crippen LogP contribution in [0.1, 0.15) is 22.7 Å². The van der Waals surface area contributed by atoms with Crippen LogP contribution >= 0.6 is 0 Å². The Morgan fingerprint density at radius 3 is 2.31 bits per heavy atom. The molecule has 26 heavy (non-hydrogen) atoms. The molecule has 1 N–H and O–H groups in total. The lowest BCUT2D eigenvalue weighted by Gasteiger charge is -2.05. The van der Waals surface area contributed by atoms with Crippen molar-refractivity contribution in [2.45, 2.75) is 12.7 Å². The van der Waals surface area contributed by atoms with Crippen LogP contribution in [0.4, 0.5) is 23.2 Å². The van der Waals surface area contributed by atoms with Gasteiger partial charge in [-0.25, -0.2) is 9.37 Å². The van der Waals surface area contributed by atoms with E-state index in [2.05, 4.69) is 10.3 Å². The number of hydrogen-bond donors (Lipinski definition) is 1. The normalized spacial score (nSPS) is 11.8. The van der Waals surface area contributed by atoms with Crippen LogP contribution in [0.3, 0.4) is 0 Å². The number of aromatic nitrogens is 1. The average Bonchev–Trinajstić information content (AvgIpc) is 3.07. The van der Waals surface area contributed by atoms with E-state index in [0.717, 1.165) is 17.8 Å². The lowest BCUT2D eigenvalue weighted by molar-refractivity contribution is -0.137. The van der Waals surface area contributed by atoms with Crippen LogP contribution in [0.2, 0.25) is 0 Å². The maximum absolute atomic E-state index is 12.8. The molecule has 3 nitrogen and oxygen atoms in total. The number of benzene rings is 2. The molecule has 0 spiro atoms. The van der Waals surface area contributed by atoms with Gasteiger partial charge in [-0.15, -0.1) is 0 Å². The summed E-state index contributed by atoms with van der Waals surface area (Å²) in [7, 11) is 0. The van der Waals surface area contributed by atoms with Gasteiger partial charge in [0.25, 0.3) is 0 Å². The minimum atomic E-state index is -4.35. The highest BCUT2D eigenvalue weighted by Gasteiger charge is 2.29. The summed E-state index contributed by atoms with van der Waals surface area (Å²) in [6.45, 7) is 0.392. The van der Waals surface area contributed by atoms with E-state index in [1.165, 1.54) is 30.5 Å². The van der Waals surface area contributed by atoms with Crippen molar-refractivity contribution < 1.29 is 22.0 Å². The second-order valence-electron chi connectivity index (χ2n) is 5.49. The molecule has 0 fully saturated rings. The molecule has 0 aliphatic carbocycles. The Balaban J connectivity index is 1.59. The maximum atomic E-state index is 12.8. The molecule has 0 amide bonds. The fourth-order valence-electron chi connectivity index (χ4n) is 2.19. The number of rotatable bonds is 5. The van der Waals surface area contributed by atoms with Gasteiger partial charge in [0.2, 0.25) is 5.89 Å². The molecular weight excluding hydrogens is 348 g/mol. The molecule has 1 heterocycles. The molecule has 2 aromatic carbocycles. The zero-order chi connectivity index (χ0) is 18.6. The first-order valence-electron chi connectivity index (χ1n) is 7.69. The van der Waals surface area contributed by atoms with E-state index in [1.54, 1.807) is 24.3 Å². The molecule has 0 aliphatic heterocycles. The van der Waals surface area contributed by atoms with E-state index >= 15 is 0 Å². The van der Waals surface area contributed by atoms with Gasteiger partial charge in [0.05, 0.1) is 17.8 Å². The average molecular weight is 362 g/mol. The largest absolute Gasteiger partial charge is 0.445 e. The number of oxazole rings is 1. The molecule has 134 valence electrons. The number of anilines is 1. The molecule has 0 atom stereocenters. The Bertz CT molecular complexity index is 881. The van der Waals surface area contributed by atoms with Crippen LogP contribution in [0.15, 0.2) is 59.2 Å². The van der Waals surface area contributed by atoms with Gasteiger partial charge in [0, 0.05) is 11.8 Å². The minimum absolute atomic E-state index is 0.312. The Morgan fingerprint density at radius 1 is 0.962 bits per heavy atom. The predicted molar refractivity (Wildman–Crippen MR) is 90.6 cm³/mol. The summed E-state index contributed by atoms with van der Waals surface area (Å²) >= 11 is 0. The van der Waals surface area contributed by atoms with E-state index in [4.69, 9.17) is 4.42 Å². The van der Waals surface area contributed by atoms with Gasteiger partial charge in [-0.05, 0) is 48.0 Å². The van der Waals surface area contributed by atoms with Crippen molar-refractivity contribution >= 4 is 17.8 Å². The second-order valence-corrected chi connectivity index (χ2v) is 5.49. The Labute approximate surface area is 147 Å². The van der Waals surface area contributed by atoms with Gasteiger partial charge in [-0.3, -0.25) is 0 Å². The highest BCUT2D eigenvalue weighted by molar-refractivity contribution is 5.66. The molecule has 0 saturated heterocycles. The molecule has 0 radical (unpaired) electrons.